The Labute approximate surface area is 262 Å². The van der Waals surface area contributed by atoms with E-state index < -0.39 is 41.6 Å². The van der Waals surface area contributed by atoms with Crippen molar-refractivity contribution < 1.29 is 28.7 Å². The topological polar surface area (TPSA) is 131 Å². The molecular weight excluding hydrogens is 572 g/mol. The maximum atomic E-state index is 13.9. The summed E-state index contributed by atoms with van der Waals surface area (Å²) in [4.78, 5) is 53.2. The first kappa shape index (κ1) is 31.5. The SMILES string of the molecule is C[C@H](NC(=O)OCc1ccccc1)C(=O)N[C@@H](Cc1cn(C)c2ccccc12)C(=O)N[C@@H](Cc1ccccc1)C(=O)C1(C)CO1. The Balaban J connectivity index is 1.33. The van der Waals surface area contributed by atoms with Gasteiger partial charge in [0.2, 0.25) is 11.8 Å². The smallest absolute Gasteiger partial charge is 0.408 e. The van der Waals surface area contributed by atoms with Crippen molar-refractivity contribution in [2.45, 2.75) is 57.0 Å². The number of carbonyl (C=O) groups is 4. The van der Waals surface area contributed by atoms with Gasteiger partial charge >= 0.3 is 6.09 Å². The van der Waals surface area contributed by atoms with Crippen molar-refractivity contribution in [1.29, 1.82) is 0 Å². The molecule has 45 heavy (non-hydrogen) atoms. The molecule has 1 unspecified atom stereocenters. The number of alkyl carbamates (subject to hydrolysis) is 1. The number of fused-ring (bicyclic) bond motifs is 1. The normalized spacial score (nSPS) is 17.5. The van der Waals surface area contributed by atoms with Gasteiger partial charge in [-0.3, -0.25) is 14.4 Å². The average molecular weight is 611 g/mol. The van der Waals surface area contributed by atoms with Crippen molar-refractivity contribution in [2.24, 2.45) is 7.05 Å². The van der Waals surface area contributed by atoms with Gasteiger partial charge in [0.25, 0.3) is 0 Å². The Morgan fingerprint density at radius 3 is 2.09 bits per heavy atom. The molecule has 0 aliphatic carbocycles. The Bertz CT molecular complexity index is 1670. The van der Waals surface area contributed by atoms with Crippen molar-refractivity contribution in [2.75, 3.05) is 6.61 Å². The van der Waals surface area contributed by atoms with Crippen LogP contribution in [0, 0.1) is 0 Å². The van der Waals surface area contributed by atoms with Crippen LogP contribution in [0.2, 0.25) is 0 Å². The van der Waals surface area contributed by atoms with E-state index in [1.807, 2.05) is 103 Å². The predicted molar refractivity (Wildman–Crippen MR) is 169 cm³/mol. The molecule has 10 heteroatoms. The molecule has 10 nitrogen and oxygen atoms in total. The predicted octanol–water partition coefficient (Wildman–Crippen LogP) is 3.61. The summed E-state index contributed by atoms with van der Waals surface area (Å²) in [5, 5.41) is 9.19. The van der Waals surface area contributed by atoms with E-state index in [1.165, 1.54) is 6.92 Å². The Hall–Kier alpha value is -4.96. The number of epoxide rings is 1. The number of rotatable bonds is 13. The largest absolute Gasteiger partial charge is 0.445 e. The lowest BCUT2D eigenvalue weighted by atomic mass is 9.94. The van der Waals surface area contributed by atoms with E-state index in [9.17, 15) is 19.2 Å². The van der Waals surface area contributed by atoms with Crippen LogP contribution in [-0.4, -0.2) is 58.6 Å². The maximum absolute atomic E-state index is 13.9. The van der Waals surface area contributed by atoms with Crippen LogP contribution >= 0.6 is 0 Å². The Morgan fingerprint density at radius 2 is 1.42 bits per heavy atom. The Kier molecular flexibility index (Phi) is 9.63. The summed E-state index contributed by atoms with van der Waals surface area (Å²) in [7, 11) is 1.91. The molecule has 0 spiro atoms. The monoisotopic (exact) mass is 610 g/mol. The van der Waals surface area contributed by atoms with E-state index >= 15 is 0 Å². The van der Waals surface area contributed by atoms with Crippen LogP contribution in [0.4, 0.5) is 4.79 Å². The molecule has 1 fully saturated rings. The highest BCUT2D eigenvalue weighted by Gasteiger charge is 2.50. The highest BCUT2D eigenvalue weighted by atomic mass is 16.6. The quantitative estimate of drug-likeness (QED) is 0.198. The molecule has 3 amide bonds. The van der Waals surface area contributed by atoms with Crippen LogP contribution in [0.1, 0.15) is 30.5 Å². The number of carbonyl (C=O) groups excluding carboxylic acids is 4. The molecule has 3 aromatic carbocycles. The number of ether oxygens (including phenoxy) is 2. The molecule has 1 aliphatic heterocycles. The molecule has 0 bridgehead atoms. The summed E-state index contributed by atoms with van der Waals surface area (Å²) in [6.45, 7) is 3.55. The van der Waals surface area contributed by atoms with Gasteiger partial charge in [-0.1, -0.05) is 78.9 Å². The lowest BCUT2D eigenvalue weighted by molar-refractivity contribution is -0.133. The molecule has 1 aromatic heterocycles. The number of benzene rings is 3. The van der Waals surface area contributed by atoms with Gasteiger partial charge in [-0.15, -0.1) is 0 Å². The van der Waals surface area contributed by atoms with E-state index in [0.29, 0.717) is 0 Å². The minimum absolute atomic E-state index is 0.0482. The fourth-order valence-electron chi connectivity index (χ4n) is 5.27. The third-order valence-corrected chi connectivity index (χ3v) is 7.99. The number of nitrogens with one attached hydrogen (secondary N) is 3. The zero-order chi connectivity index (χ0) is 32.0. The van der Waals surface area contributed by atoms with Crippen LogP contribution in [-0.2, 0) is 50.4 Å². The molecular formula is C35H38N4O6. The first-order valence-electron chi connectivity index (χ1n) is 15.0. The number of aryl methyl sites for hydroxylation is 1. The summed E-state index contributed by atoms with van der Waals surface area (Å²) >= 11 is 0. The van der Waals surface area contributed by atoms with Crippen molar-refractivity contribution >= 4 is 34.6 Å². The van der Waals surface area contributed by atoms with Gasteiger partial charge in [0.1, 0.15) is 24.3 Å². The van der Waals surface area contributed by atoms with Crippen LogP contribution in [0.3, 0.4) is 0 Å². The summed E-state index contributed by atoms with van der Waals surface area (Å²) in [5.74, 6) is -1.32. The van der Waals surface area contributed by atoms with Crippen LogP contribution in [0.15, 0.2) is 91.1 Å². The van der Waals surface area contributed by atoms with E-state index in [2.05, 4.69) is 16.0 Å². The summed E-state index contributed by atoms with van der Waals surface area (Å²) in [6, 6.07) is 23.5. The molecule has 2 heterocycles. The minimum atomic E-state index is -1.05. The fourth-order valence-corrected chi connectivity index (χ4v) is 5.27. The van der Waals surface area contributed by atoms with Crippen molar-refractivity contribution in [3.05, 3.63) is 108 Å². The van der Waals surface area contributed by atoms with Gasteiger partial charge in [-0.2, -0.15) is 0 Å². The number of ketones is 1. The van der Waals surface area contributed by atoms with Crippen LogP contribution < -0.4 is 16.0 Å². The van der Waals surface area contributed by atoms with E-state index in [-0.39, 0.29) is 31.8 Å². The van der Waals surface area contributed by atoms with Gasteiger partial charge in [0.15, 0.2) is 5.78 Å². The fraction of sp³-hybridized carbons (Fsp3) is 0.314. The summed E-state index contributed by atoms with van der Waals surface area (Å²) in [6.07, 6.45) is 1.59. The number of hydrogen-bond acceptors (Lipinski definition) is 6. The molecule has 3 N–H and O–H groups in total. The van der Waals surface area contributed by atoms with E-state index in [4.69, 9.17) is 9.47 Å². The second-order valence-corrected chi connectivity index (χ2v) is 11.6. The molecule has 234 valence electrons. The number of nitrogens with zero attached hydrogens (tertiary/aromatic N) is 1. The molecule has 0 saturated carbocycles. The molecule has 5 rings (SSSR count). The first-order chi connectivity index (χ1) is 21.6. The van der Waals surface area contributed by atoms with Crippen LogP contribution in [0.25, 0.3) is 10.9 Å². The van der Waals surface area contributed by atoms with Crippen molar-refractivity contribution in [3.8, 4) is 0 Å². The Morgan fingerprint density at radius 1 is 0.822 bits per heavy atom. The highest BCUT2D eigenvalue weighted by Crippen LogP contribution is 2.29. The number of para-hydroxylation sites is 1. The number of amides is 3. The highest BCUT2D eigenvalue weighted by molar-refractivity contribution is 5.98. The van der Waals surface area contributed by atoms with Gasteiger partial charge in [0.05, 0.1) is 12.6 Å². The van der Waals surface area contributed by atoms with E-state index in [0.717, 1.165) is 27.6 Å². The third-order valence-electron chi connectivity index (χ3n) is 7.99. The lowest BCUT2D eigenvalue weighted by Crippen LogP contribution is -2.57. The number of aromatic nitrogens is 1. The summed E-state index contributed by atoms with van der Waals surface area (Å²) in [5.41, 5.74) is 2.55. The second kappa shape index (κ2) is 13.8. The number of Topliss-reactive ketones (excluding diaryl/α,β-unsaturated/α-hetero) is 1. The van der Waals surface area contributed by atoms with Gasteiger partial charge in [-0.25, -0.2) is 4.79 Å². The van der Waals surface area contributed by atoms with Crippen molar-refractivity contribution in [3.63, 3.8) is 0 Å². The molecule has 1 aliphatic rings. The van der Waals surface area contributed by atoms with Gasteiger partial charge in [0, 0.05) is 30.6 Å². The first-order valence-corrected chi connectivity index (χ1v) is 15.0. The van der Waals surface area contributed by atoms with Crippen molar-refractivity contribution in [1.82, 2.24) is 20.5 Å². The standard InChI is InChI=1S/C35H38N4O6/c1-23(36-34(43)44-21-25-14-8-5-9-15-25)32(41)38-29(19-26-20-39(3)30-17-11-10-16-27(26)30)33(42)37-28(31(40)35(2)22-45-35)18-24-12-6-4-7-13-24/h4-17,20,23,28-29H,18-19,21-22H2,1-3H3,(H,36,43)(H,37,42)(H,38,41)/t23-,28-,29-,35?/m0/s1. The average Bonchev–Trinajstić information content (AvgIpc) is 3.73. The molecule has 1 saturated heterocycles. The molecule has 0 radical (unpaired) electrons. The molecule has 4 aromatic rings. The van der Waals surface area contributed by atoms with Gasteiger partial charge in [-0.05, 0) is 43.0 Å². The third kappa shape index (κ3) is 7.96. The zero-order valence-corrected chi connectivity index (χ0v) is 25.6. The number of hydrogen-bond donors (Lipinski definition) is 3. The summed E-state index contributed by atoms with van der Waals surface area (Å²) < 4.78 is 12.6. The molecule has 4 atom stereocenters. The zero-order valence-electron chi connectivity index (χ0n) is 25.6. The van der Waals surface area contributed by atoms with E-state index in [1.54, 1.807) is 6.92 Å². The lowest BCUT2D eigenvalue weighted by Gasteiger charge is -2.25. The van der Waals surface area contributed by atoms with Crippen LogP contribution in [0.5, 0.6) is 0 Å². The maximum Gasteiger partial charge on any atom is 0.408 e. The minimum Gasteiger partial charge on any atom is -0.445 e. The van der Waals surface area contributed by atoms with Gasteiger partial charge < -0.3 is 30.0 Å². The second-order valence-electron chi connectivity index (χ2n) is 11.6.